The Hall–Kier alpha value is -3.54. The van der Waals surface area contributed by atoms with Crippen LogP contribution in [0, 0.1) is 5.92 Å². The number of carbonyl (C=O) groups excluding carboxylic acids is 2. The minimum Gasteiger partial charge on any atom is -0.493 e. The van der Waals surface area contributed by atoms with Crippen LogP contribution in [0.5, 0.6) is 11.5 Å². The van der Waals surface area contributed by atoms with E-state index in [1.807, 2.05) is 30.3 Å². The number of methoxy groups -OCH3 is 1. The van der Waals surface area contributed by atoms with Gasteiger partial charge < -0.3 is 20.1 Å². The molecule has 0 spiro atoms. The molecular formula is C24H26N2O4. The largest absolute Gasteiger partial charge is 0.493 e. The van der Waals surface area contributed by atoms with Gasteiger partial charge in [0.05, 0.1) is 7.11 Å². The molecule has 0 bridgehead atoms. The molecule has 0 atom stereocenters. The summed E-state index contributed by atoms with van der Waals surface area (Å²) in [5, 5.41) is 5.76. The fourth-order valence-electron chi connectivity index (χ4n) is 2.82. The third-order valence-corrected chi connectivity index (χ3v) is 4.58. The fourth-order valence-corrected chi connectivity index (χ4v) is 2.82. The highest BCUT2D eigenvalue weighted by atomic mass is 16.5. The second kappa shape index (κ2) is 10.3. The van der Waals surface area contributed by atoms with E-state index in [9.17, 15) is 9.59 Å². The van der Waals surface area contributed by atoms with Crippen LogP contribution in [0.4, 0.5) is 5.69 Å². The van der Waals surface area contributed by atoms with E-state index < -0.39 is 0 Å². The summed E-state index contributed by atoms with van der Waals surface area (Å²) in [5.41, 5.74) is 2.48. The first-order valence-corrected chi connectivity index (χ1v) is 9.86. The molecule has 0 unspecified atom stereocenters. The molecule has 2 aromatic rings. The molecule has 3 rings (SSSR count). The number of hydrogen-bond acceptors (Lipinski definition) is 4. The van der Waals surface area contributed by atoms with E-state index in [0.29, 0.717) is 24.7 Å². The van der Waals surface area contributed by atoms with E-state index >= 15 is 0 Å². The quantitative estimate of drug-likeness (QED) is 0.463. The van der Waals surface area contributed by atoms with Gasteiger partial charge in [-0.3, -0.25) is 9.59 Å². The molecule has 0 aliphatic heterocycles. The third kappa shape index (κ3) is 6.24. The standard InChI is InChI=1S/C24H26N2O4/c1-3-13-30-21-11-7-17(15-22(21)29-2)8-12-23(27)25-16-18-5-4-6-20(14-18)26-24(28)19-9-10-19/h3-8,11-12,14-15,19H,1,9-10,13,16H2,2H3,(H,25,27)(H,26,28). The van der Waals surface area contributed by atoms with Crippen molar-refractivity contribution < 1.29 is 19.1 Å². The van der Waals surface area contributed by atoms with Gasteiger partial charge in [-0.15, -0.1) is 0 Å². The average molecular weight is 406 g/mol. The smallest absolute Gasteiger partial charge is 0.244 e. The van der Waals surface area contributed by atoms with Crippen molar-refractivity contribution in [3.63, 3.8) is 0 Å². The molecule has 2 amide bonds. The van der Waals surface area contributed by atoms with E-state index in [4.69, 9.17) is 9.47 Å². The number of anilines is 1. The Morgan fingerprint density at radius 1 is 1.17 bits per heavy atom. The highest BCUT2D eigenvalue weighted by molar-refractivity contribution is 5.94. The Labute approximate surface area is 176 Å². The third-order valence-electron chi connectivity index (χ3n) is 4.58. The van der Waals surface area contributed by atoms with E-state index in [0.717, 1.165) is 29.7 Å². The van der Waals surface area contributed by atoms with Gasteiger partial charge in [0.25, 0.3) is 0 Å². The van der Waals surface area contributed by atoms with Crippen LogP contribution in [0.25, 0.3) is 6.08 Å². The van der Waals surface area contributed by atoms with Gasteiger partial charge in [-0.05, 0) is 54.3 Å². The molecule has 0 heterocycles. The summed E-state index contributed by atoms with van der Waals surface area (Å²) < 4.78 is 10.9. The molecule has 1 saturated carbocycles. The highest BCUT2D eigenvalue weighted by Crippen LogP contribution is 2.30. The maximum Gasteiger partial charge on any atom is 0.244 e. The molecule has 1 aliphatic rings. The van der Waals surface area contributed by atoms with Crippen LogP contribution in [0.15, 0.2) is 61.2 Å². The summed E-state index contributed by atoms with van der Waals surface area (Å²) in [7, 11) is 1.57. The summed E-state index contributed by atoms with van der Waals surface area (Å²) >= 11 is 0. The minimum absolute atomic E-state index is 0.0652. The Morgan fingerprint density at radius 2 is 2.00 bits per heavy atom. The predicted octanol–water partition coefficient (Wildman–Crippen LogP) is 3.94. The van der Waals surface area contributed by atoms with Crippen LogP contribution in [0.1, 0.15) is 24.0 Å². The lowest BCUT2D eigenvalue weighted by molar-refractivity contribution is -0.117. The zero-order valence-electron chi connectivity index (χ0n) is 17.0. The number of carbonyl (C=O) groups is 2. The molecule has 0 aromatic heterocycles. The van der Waals surface area contributed by atoms with Crippen molar-refractivity contribution in [2.45, 2.75) is 19.4 Å². The van der Waals surface area contributed by atoms with Crippen molar-refractivity contribution in [3.05, 3.63) is 72.3 Å². The molecule has 2 aromatic carbocycles. The predicted molar refractivity (Wildman–Crippen MR) is 117 cm³/mol. The van der Waals surface area contributed by atoms with Crippen LogP contribution in [0.3, 0.4) is 0 Å². The average Bonchev–Trinajstić information content (AvgIpc) is 3.61. The van der Waals surface area contributed by atoms with Gasteiger partial charge in [-0.1, -0.05) is 30.9 Å². The molecule has 6 nitrogen and oxygen atoms in total. The molecule has 0 saturated heterocycles. The first-order chi connectivity index (χ1) is 14.6. The molecule has 1 aliphatic carbocycles. The molecular weight excluding hydrogens is 380 g/mol. The second-order valence-corrected chi connectivity index (χ2v) is 7.03. The summed E-state index contributed by atoms with van der Waals surface area (Å²) in [5.74, 6) is 1.21. The summed E-state index contributed by atoms with van der Waals surface area (Å²) in [4.78, 5) is 24.1. The van der Waals surface area contributed by atoms with Crippen LogP contribution in [-0.2, 0) is 16.1 Å². The van der Waals surface area contributed by atoms with Gasteiger partial charge in [0.1, 0.15) is 6.61 Å². The van der Waals surface area contributed by atoms with Crippen molar-refractivity contribution in [2.75, 3.05) is 19.0 Å². The van der Waals surface area contributed by atoms with Crippen LogP contribution in [-0.4, -0.2) is 25.5 Å². The van der Waals surface area contributed by atoms with Gasteiger partial charge in [0, 0.05) is 24.2 Å². The number of rotatable bonds is 10. The Balaban J connectivity index is 1.53. The van der Waals surface area contributed by atoms with Crippen molar-refractivity contribution in [3.8, 4) is 11.5 Å². The van der Waals surface area contributed by atoms with Crippen molar-refractivity contribution in [1.29, 1.82) is 0 Å². The van der Waals surface area contributed by atoms with Crippen LogP contribution >= 0.6 is 0 Å². The van der Waals surface area contributed by atoms with Crippen LogP contribution in [0.2, 0.25) is 0 Å². The zero-order chi connectivity index (χ0) is 21.3. The summed E-state index contributed by atoms with van der Waals surface area (Å²) in [6.45, 7) is 4.38. The van der Waals surface area contributed by atoms with Gasteiger partial charge in [-0.25, -0.2) is 0 Å². The lowest BCUT2D eigenvalue weighted by atomic mass is 10.1. The molecule has 2 N–H and O–H groups in total. The summed E-state index contributed by atoms with van der Waals surface area (Å²) in [6, 6.07) is 12.9. The molecule has 156 valence electrons. The second-order valence-electron chi connectivity index (χ2n) is 7.03. The minimum atomic E-state index is -0.214. The number of benzene rings is 2. The number of ether oxygens (including phenoxy) is 2. The SMILES string of the molecule is C=CCOc1ccc(C=CC(=O)NCc2cccc(NC(=O)C3CC3)c2)cc1OC. The topological polar surface area (TPSA) is 76.7 Å². The van der Waals surface area contributed by atoms with Gasteiger partial charge in [-0.2, -0.15) is 0 Å². The van der Waals surface area contributed by atoms with Gasteiger partial charge >= 0.3 is 0 Å². The number of nitrogens with one attached hydrogen (secondary N) is 2. The van der Waals surface area contributed by atoms with E-state index in [-0.39, 0.29) is 17.7 Å². The lowest BCUT2D eigenvalue weighted by Gasteiger charge is -2.09. The van der Waals surface area contributed by atoms with Gasteiger partial charge in [0.15, 0.2) is 11.5 Å². The Morgan fingerprint density at radius 3 is 2.73 bits per heavy atom. The van der Waals surface area contributed by atoms with Gasteiger partial charge in [0.2, 0.25) is 11.8 Å². The fraction of sp³-hybridized carbons (Fsp3) is 0.250. The first-order valence-electron chi connectivity index (χ1n) is 9.86. The van der Waals surface area contributed by atoms with Crippen molar-refractivity contribution >= 4 is 23.6 Å². The maximum absolute atomic E-state index is 12.2. The Bertz CT molecular complexity index is 948. The molecule has 30 heavy (non-hydrogen) atoms. The Kier molecular flexibility index (Phi) is 7.27. The molecule has 6 heteroatoms. The van der Waals surface area contributed by atoms with Crippen molar-refractivity contribution in [1.82, 2.24) is 5.32 Å². The van der Waals surface area contributed by atoms with Crippen LogP contribution < -0.4 is 20.1 Å². The molecule has 1 fully saturated rings. The van der Waals surface area contributed by atoms with E-state index in [1.165, 1.54) is 6.08 Å². The lowest BCUT2D eigenvalue weighted by Crippen LogP contribution is -2.20. The van der Waals surface area contributed by atoms with E-state index in [1.54, 1.807) is 31.4 Å². The highest BCUT2D eigenvalue weighted by Gasteiger charge is 2.29. The number of amides is 2. The summed E-state index contributed by atoms with van der Waals surface area (Å²) in [6.07, 6.45) is 6.77. The monoisotopic (exact) mass is 406 g/mol. The molecule has 0 radical (unpaired) electrons. The zero-order valence-corrected chi connectivity index (χ0v) is 17.0. The maximum atomic E-state index is 12.2. The normalized spacial score (nSPS) is 13.0. The van der Waals surface area contributed by atoms with E-state index in [2.05, 4.69) is 17.2 Å². The first kappa shape index (κ1) is 21.2. The number of hydrogen-bond donors (Lipinski definition) is 2. The van der Waals surface area contributed by atoms with Crippen molar-refractivity contribution in [2.24, 2.45) is 5.92 Å².